The molecule has 5 nitrogen and oxygen atoms in total. The third-order valence-corrected chi connectivity index (χ3v) is 10.2. The molecule has 5 heteroatoms. The normalized spacial score (nSPS) is 46.5. The summed E-state index contributed by atoms with van der Waals surface area (Å²) in [5.41, 5.74) is 0.349. The Labute approximate surface area is 173 Å². The molecule has 0 amide bonds. The molecule has 29 heavy (non-hydrogen) atoms. The van der Waals surface area contributed by atoms with E-state index in [1.807, 2.05) is 0 Å². The molecule has 4 aliphatic rings. The van der Waals surface area contributed by atoms with Crippen LogP contribution >= 0.6 is 0 Å². The number of carbonyl (C=O) groups excluding carboxylic acids is 1. The number of Topliss-reactive ketones (excluding diaryl/α,β-unsaturated/α-hetero) is 1. The Morgan fingerprint density at radius 1 is 0.828 bits per heavy atom. The number of ketones is 1. The molecule has 0 aromatic carbocycles. The second kappa shape index (κ2) is 7.09. The molecule has 2 unspecified atom stereocenters. The number of hydrogen-bond acceptors (Lipinski definition) is 3. The highest BCUT2D eigenvalue weighted by molar-refractivity contribution is 5.93. The monoisotopic (exact) mass is 404 g/mol. The van der Waals surface area contributed by atoms with E-state index in [0.717, 1.165) is 38.5 Å². The van der Waals surface area contributed by atoms with Crippen LogP contribution in [0.5, 0.6) is 0 Å². The first-order chi connectivity index (χ1) is 13.6. The number of aliphatic carboxylic acids is 2. The van der Waals surface area contributed by atoms with Crippen LogP contribution in [0.25, 0.3) is 0 Å². The zero-order valence-electron chi connectivity index (χ0n) is 18.0. The molecule has 0 spiro atoms. The molecule has 162 valence electrons. The van der Waals surface area contributed by atoms with Gasteiger partial charge in [0.2, 0.25) is 0 Å². The maximum Gasteiger partial charge on any atom is 0.318 e. The van der Waals surface area contributed by atoms with E-state index in [-0.39, 0.29) is 22.7 Å². The van der Waals surface area contributed by atoms with Gasteiger partial charge in [-0.1, -0.05) is 13.8 Å². The fourth-order valence-electron chi connectivity index (χ4n) is 8.77. The van der Waals surface area contributed by atoms with Gasteiger partial charge in [-0.25, -0.2) is 0 Å². The van der Waals surface area contributed by atoms with Gasteiger partial charge in [0.25, 0.3) is 0 Å². The van der Waals surface area contributed by atoms with Crippen molar-refractivity contribution in [3.05, 3.63) is 0 Å². The fraction of sp³-hybridized carbons (Fsp3) is 0.875. The van der Waals surface area contributed by atoms with E-state index >= 15 is 0 Å². The molecule has 0 aliphatic heterocycles. The van der Waals surface area contributed by atoms with Crippen molar-refractivity contribution in [2.45, 2.75) is 78.6 Å². The molecule has 4 rings (SSSR count). The molecule has 8 atom stereocenters. The van der Waals surface area contributed by atoms with Crippen LogP contribution in [0.1, 0.15) is 78.6 Å². The van der Waals surface area contributed by atoms with Crippen molar-refractivity contribution in [1.29, 1.82) is 0 Å². The minimum atomic E-state index is -1.27. The first-order valence-corrected chi connectivity index (χ1v) is 11.6. The zero-order valence-corrected chi connectivity index (χ0v) is 18.0. The van der Waals surface area contributed by atoms with Crippen LogP contribution in [0.4, 0.5) is 0 Å². The van der Waals surface area contributed by atoms with Crippen molar-refractivity contribution < 1.29 is 24.6 Å². The summed E-state index contributed by atoms with van der Waals surface area (Å²) >= 11 is 0. The van der Waals surface area contributed by atoms with E-state index < -0.39 is 17.9 Å². The van der Waals surface area contributed by atoms with Crippen LogP contribution in [0.2, 0.25) is 0 Å². The van der Waals surface area contributed by atoms with E-state index in [1.165, 1.54) is 12.8 Å². The van der Waals surface area contributed by atoms with Crippen molar-refractivity contribution in [2.75, 3.05) is 0 Å². The molecule has 0 radical (unpaired) electrons. The van der Waals surface area contributed by atoms with Gasteiger partial charge in [-0.05, 0) is 105 Å². The maximum absolute atomic E-state index is 12.3. The smallest absolute Gasteiger partial charge is 0.318 e. The molecular formula is C24H36O5. The Kier molecular flexibility index (Phi) is 5.10. The van der Waals surface area contributed by atoms with Gasteiger partial charge in [0.1, 0.15) is 5.78 Å². The number of carbonyl (C=O) groups is 3. The minimum absolute atomic E-state index is 0.158. The van der Waals surface area contributed by atoms with E-state index in [4.69, 9.17) is 0 Å². The third-order valence-electron chi connectivity index (χ3n) is 10.2. The van der Waals surface area contributed by atoms with E-state index in [1.54, 1.807) is 6.92 Å². The van der Waals surface area contributed by atoms with Gasteiger partial charge < -0.3 is 10.2 Å². The molecule has 4 aliphatic carbocycles. The summed E-state index contributed by atoms with van der Waals surface area (Å²) in [6.45, 7) is 6.54. The number of hydrogen-bond donors (Lipinski definition) is 2. The van der Waals surface area contributed by atoms with Gasteiger partial charge in [-0.15, -0.1) is 0 Å². The second-order valence-corrected chi connectivity index (χ2v) is 11.1. The van der Waals surface area contributed by atoms with Gasteiger partial charge in [-0.3, -0.25) is 14.4 Å². The van der Waals surface area contributed by atoms with Gasteiger partial charge in [0, 0.05) is 5.92 Å². The first kappa shape index (κ1) is 20.9. The fourth-order valence-corrected chi connectivity index (χ4v) is 8.77. The average Bonchev–Trinajstić information content (AvgIpc) is 2.98. The maximum atomic E-state index is 12.3. The Balaban J connectivity index is 1.54. The van der Waals surface area contributed by atoms with Gasteiger partial charge in [0.05, 0.1) is 0 Å². The third kappa shape index (κ3) is 3.06. The van der Waals surface area contributed by atoms with Crippen molar-refractivity contribution in [3.8, 4) is 0 Å². The molecule has 2 N–H and O–H groups in total. The zero-order chi connectivity index (χ0) is 21.1. The molecule has 0 aromatic rings. The van der Waals surface area contributed by atoms with Crippen molar-refractivity contribution >= 4 is 17.7 Å². The lowest BCUT2D eigenvalue weighted by Crippen LogP contribution is -2.54. The lowest BCUT2D eigenvalue weighted by Gasteiger charge is -2.61. The summed E-state index contributed by atoms with van der Waals surface area (Å²) in [7, 11) is 0. The van der Waals surface area contributed by atoms with Crippen molar-refractivity contribution in [1.82, 2.24) is 0 Å². The average molecular weight is 405 g/mol. The van der Waals surface area contributed by atoms with Crippen LogP contribution in [0.15, 0.2) is 0 Å². The van der Waals surface area contributed by atoms with Crippen molar-refractivity contribution in [2.24, 2.45) is 52.3 Å². The minimum Gasteiger partial charge on any atom is -0.481 e. The highest BCUT2D eigenvalue weighted by atomic mass is 16.4. The molecule has 0 heterocycles. The molecular weight excluding hydrogens is 368 g/mol. The van der Waals surface area contributed by atoms with Gasteiger partial charge in [-0.2, -0.15) is 0 Å². The van der Waals surface area contributed by atoms with E-state index in [9.17, 15) is 24.6 Å². The van der Waals surface area contributed by atoms with Crippen LogP contribution in [-0.2, 0) is 14.4 Å². The predicted octanol–water partition coefficient (Wildman–Crippen LogP) is 4.64. The number of fused-ring (bicyclic) bond motifs is 5. The molecule has 0 aromatic heterocycles. The molecule has 4 fully saturated rings. The van der Waals surface area contributed by atoms with E-state index in [2.05, 4.69) is 13.8 Å². The van der Waals surface area contributed by atoms with Gasteiger partial charge >= 0.3 is 11.9 Å². The summed E-state index contributed by atoms with van der Waals surface area (Å²) in [5, 5.41) is 18.9. The predicted molar refractivity (Wildman–Crippen MR) is 108 cm³/mol. The Hall–Kier alpha value is -1.39. The lowest BCUT2D eigenvalue weighted by atomic mass is 9.44. The van der Waals surface area contributed by atoms with Crippen LogP contribution in [0, 0.1) is 52.3 Å². The van der Waals surface area contributed by atoms with Crippen LogP contribution < -0.4 is 0 Å². The largest absolute Gasteiger partial charge is 0.481 e. The SMILES string of the molecule is CC(=O)[C@H]1CC[C@H]2[C@@H]3CCC4CC(C(C(=O)O)C(=O)O)CC[C@]4(C)[C@H]3CC[C@]12C. The summed E-state index contributed by atoms with van der Waals surface area (Å²) in [6, 6.07) is 0. The standard InChI is InChI=1S/C24H36O5/c1-13(25)17-6-7-18-16-5-4-15-12-14(20(21(26)27)22(28)29)8-10-23(15,2)19(16)9-11-24(17,18)3/h14-20H,4-12H2,1-3H3,(H,26,27)(H,28,29)/t14?,15?,16-,17+,18-,19-,23-,24+/m0/s1. The summed E-state index contributed by atoms with van der Waals surface area (Å²) in [4.78, 5) is 35.4. The molecule has 0 bridgehead atoms. The summed E-state index contributed by atoms with van der Waals surface area (Å²) in [5.74, 6) is -0.924. The van der Waals surface area contributed by atoms with Crippen LogP contribution in [0.3, 0.4) is 0 Å². The number of rotatable bonds is 4. The highest BCUT2D eigenvalue weighted by Crippen LogP contribution is 2.68. The molecule has 4 saturated carbocycles. The lowest BCUT2D eigenvalue weighted by molar-refractivity contribution is -0.163. The number of carboxylic acids is 2. The highest BCUT2D eigenvalue weighted by Gasteiger charge is 2.61. The second-order valence-electron chi connectivity index (χ2n) is 11.1. The quantitative estimate of drug-likeness (QED) is 0.666. The Morgan fingerprint density at radius 2 is 1.45 bits per heavy atom. The van der Waals surface area contributed by atoms with Crippen molar-refractivity contribution in [3.63, 3.8) is 0 Å². The Morgan fingerprint density at radius 3 is 2.07 bits per heavy atom. The summed E-state index contributed by atoms with van der Waals surface area (Å²) in [6.07, 6.45) is 9.14. The summed E-state index contributed by atoms with van der Waals surface area (Å²) < 4.78 is 0. The van der Waals surface area contributed by atoms with Crippen LogP contribution in [-0.4, -0.2) is 27.9 Å². The molecule has 0 saturated heterocycles. The van der Waals surface area contributed by atoms with Gasteiger partial charge in [0.15, 0.2) is 5.92 Å². The first-order valence-electron chi connectivity index (χ1n) is 11.6. The Bertz CT molecular complexity index is 702. The number of carboxylic acid groups (broad SMARTS) is 2. The van der Waals surface area contributed by atoms with E-state index in [0.29, 0.717) is 35.9 Å². The topological polar surface area (TPSA) is 91.7 Å².